The van der Waals surface area contributed by atoms with Crippen molar-refractivity contribution in [2.45, 2.75) is 12.3 Å². The van der Waals surface area contributed by atoms with Crippen LogP contribution in [-0.4, -0.2) is 6.61 Å². The average Bonchev–Trinajstić information content (AvgIpc) is 2.39. The highest BCUT2D eigenvalue weighted by Crippen LogP contribution is 2.18. The molecule has 0 saturated heterocycles. The Bertz CT molecular complexity index is 499. The van der Waals surface area contributed by atoms with Crippen molar-refractivity contribution < 1.29 is 9.13 Å². The van der Waals surface area contributed by atoms with Gasteiger partial charge in [0.05, 0.1) is 6.61 Å². The molecule has 0 spiro atoms. The van der Waals surface area contributed by atoms with Crippen LogP contribution < -0.4 is 4.74 Å². The Labute approximate surface area is 111 Å². The minimum absolute atomic E-state index is 0.285. The third-order valence-electron chi connectivity index (χ3n) is 2.59. The number of halogens is 2. The lowest BCUT2D eigenvalue weighted by Crippen LogP contribution is -2.01. The standard InChI is InChI=1S/C15H14ClFO/c16-11-13-8-14(17)10-15(9-13)18-7-6-12-4-2-1-3-5-12/h1-5,8-10H,6-7,11H2. The van der Waals surface area contributed by atoms with E-state index in [2.05, 4.69) is 0 Å². The zero-order chi connectivity index (χ0) is 12.8. The summed E-state index contributed by atoms with van der Waals surface area (Å²) in [5.41, 5.74) is 1.93. The van der Waals surface area contributed by atoms with Crippen molar-refractivity contribution in [3.8, 4) is 5.75 Å². The van der Waals surface area contributed by atoms with Gasteiger partial charge in [0.1, 0.15) is 11.6 Å². The molecule has 0 aliphatic carbocycles. The van der Waals surface area contributed by atoms with Crippen LogP contribution in [0.2, 0.25) is 0 Å². The molecule has 0 unspecified atom stereocenters. The molecule has 0 fully saturated rings. The zero-order valence-electron chi connectivity index (χ0n) is 9.90. The number of rotatable bonds is 5. The van der Waals surface area contributed by atoms with Crippen LogP contribution in [0.25, 0.3) is 0 Å². The van der Waals surface area contributed by atoms with E-state index in [0.717, 1.165) is 12.0 Å². The van der Waals surface area contributed by atoms with Gasteiger partial charge >= 0.3 is 0 Å². The van der Waals surface area contributed by atoms with E-state index in [1.165, 1.54) is 17.7 Å². The Balaban J connectivity index is 1.92. The normalized spacial score (nSPS) is 10.3. The summed E-state index contributed by atoms with van der Waals surface area (Å²) in [5, 5.41) is 0. The second kappa shape index (κ2) is 6.41. The molecule has 2 aromatic carbocycles. The highest BCUT2D eigenvalue weighted by atomic mass is 35.5. The van der Waals surface area contributed by atoms with Crippen LogP contribution in [0.4, 0.5) is 4.39 Å². The maximum Gasteiger partial charge on any atom is 0.127 e. The van der Waals surface area contributed by atoms with E-state index in [4.69, 9.17) is 16.3 Å². The van der Waals surface area contributed by atoms with Crippen LogP contribution in [-0.2, 0) is 12.3 Å². The Kier molecular flexibility index (Phi) is 4.59. The molecule has 2 rings (SSSR count). The first-order valence-corrected chi connectivity index (χ1v) is 6.33. The average molecular weight is 265 g/mol. The molecule has 18 heavy (non-hydrogen) atoms. The van der Waals surface area contributed by atoms with Crippen LogP contribution in [0.15, 0.2) is 48.5 Å². The van der Waals surface area contributed by atoms with Gasteiger partial charge in [0, 0.05) is 18.4 Å². The third-order valence-corrected chi connectivity index (χ3v) is 2.90. The van der Waals surface area contributed by atoms with Crippen molar-refractivity contribution in [2.75, 3.05) is 6.61 Å². The van der Waals surface area contributed by atoms with Gasteiger partial charge in [-0.1, -0.05) is 30.3 Å². The lowest BCUT2D eigenvalue weighted by atomic mass is 10.2. The van der Waals surface area contributed by atoms with Gasteiger partial charge in [0.15, 0.2) is 0 Å². The molecule has 3 heteroatoms. The molecule has 0 aliphatic heterocycles. The minimum atomic E-state index is -0.317. The summed E-state index contributed by atoms with van der Waals surface area (Å²) in [6.07, 6.45) is 0.799. The first kappa shape index (κ1) is 12.9. The fourth-order valence-electron chi connectivity index (χ4n) is 1.71. The SMILES string of the molecule is Fc1cc(CCl)cc(OCCc2ccccc2)c1. The molecule has 0 aromatic heterocycles. The van der Waals surface area contributed by atoms with Gasteiger partial charge < -0.3 is 4.74 Å². The monoisotopic (exact) mass is 264 g/mol. The first-order valence-electron chi connectivity index (χ1n) is 5.80. The smallest absolute Gasteiger partial charge is 0.127 e. The highest BCUT2D eigenvalue weighted by molar-refractivity contribution is 6.17. The summed E-state index contributed by atoms with van der Waals surface area (Å²) in [5.74, 6) is 0.497. The fraction of sp³-hybridized carbons (Fsp3) is 0.200. The first-order chi connectivity index (χ1) is 8.78. The topological polar surface area (TPSA) is 9.23 Å². The maximum absolute atomic E-state index is 13.2. The van der Waals surface area contributed by atoms with Crippen LogP contribution in [0.3, 0.4) is 0 Å². The molecule has 0 saturated carbocycles. The molecular weight excluding hydrogens is 251 g/mol. The summed E-state index contributed by atoms with van der Waals surface area (Å²) in [7, 11) is 0. The Morgan fingerprint density at radius 2 is 1.78 bits per heavy atom. The van der Waals surface area contributed by atoms with Gasteiger partial charge in [-0.25, -0.2) is 4.39 Å². The van der Waals surface area contributed by atoms with Crippen molar-refractivity contribution in [3.05, 3.63) is 65.5 Å². The highest BCUT2D eigenvalue weighted by Gasteiger charge is 2.01. The minimum Gasteiger partial charge on any atom is -0.493 e. The summed E-state index contributed by atoms with van der Waals surface area (Å²) in [4.78, 5) is 0. The largest absolute Gasteiger partial charge is 0.493 e. The lowest BCUT2D eigenvalue weighted by Gasteiger charge is -2.07. The summed E-state index contributed by atoms with van der Waals surface area (Å²) in [6, 6.07) is 14.6. The predicted octanol–water partition coefficient (Wildman–Crippen LogP) is 4.19. The molecule has 0 radical (unpaired) electrons. The molecule has 0 aliphatic rings. The van der Waals surface area contributed by atoms with Crippen LogP contribution in [0.1, 0.15) is 11.1 Å². The molecule has 0 atom stereocenters. The summed E-state index contributed by atoms with van der Waals surface area (Å²) in [6.45, 7) is 0.523. The van der Waals surface area contributed by atoms with Gasteiger partial charge in [0.25, 0.3) is 0 Å². The van der Waals surface area contributed by atoms with E-state index in [1.54, 1.807) is 6.07 Å². The summed E-state index contributed by atoms with van der Waals surface area (Å²) < 4.78 is 18.8. The number of benzene rings is 2. The van der Waals surface area contributed by atoms with E-state index in [0.29, 0.717) is 12.4 Å². The van der Waals surface area contributed by atoms with Gasteiger partial charge in [-0.2, -0.15) is 0 Å². The molecule has 0 heterocycles. The fourth-order valence-corrected chi connectivity index (χ4v) is 1.87. The van der Waals surface area contributed by atoms with Crippen molar-refractivity contribution in [1.82, 2.24) is 0 Å². The van der Waals surface area contributed by atoms with Crippen LogP contribution >= 0.6 is 11.6 Å². The number of alkyl halides is 1. The Hall–Kier alpha value is -1.54. The quantitative estimate of drug-likeness (QED) is 0.736. The third kappa shape index (κ3) is 3.74. The van der Waals surface area contributed by atoms with Gasteiger partial charge in [-0.15, -0.1) is 11.6 Å². The molecule has 1 nitrogen and oxygen atoms in total. The second-order valence-electron chi connectivity index (χ2n) is 4.01. The van der Waals surface area contributed by atoms with Crippen molar-refractivity contribution >= 4 is 11.6 Å². The van der Waals surface area contributed by atoms with Crippen molar-refractivity contribution in [2.24, 2.45) is 0 Å². The van der Waals surface area contributed by atoms with E-state index < -0.39 is 0 Å². The lowest BCUT2D eigenvalue weighted by molar-refractivity contribution is 0.320. The second-order valence-corrected chi connectivity index (χ2v) is 4.28. The van der Waals surface area contributed by atoms with E-state index in [1.807, 2.05) is 30.3 Å². The summed E-state index contributed by atoms with van der Waals surface area (Å²) >= 11 is 5.68. The number of hydrogen-bond acceptors (Lipinski definition) is 1. The molecule has 2 aromatic rings. The van der Waals surface area contributed by atoms with Gasteiger partial charge in [0.2, 0.25) is 0 Å². The predicted molar refractivity (Wildman–Crippen MR) is 71.6 cm³/mol. The molecule has 0 bridgehead atoms. The molecule has 0 N–H and O–H groups in total. The van der Waals surface area contributed by atoms with Crippen molar-refractivity contribution in [1.29, 1.82) is 0 Å². The maximum atomic E-state index is 13.2. The van der Waals surface area contributed by atoms with Gasteiger partial charge in [-0.05, 0) is 23.3 Å². The Morgan fingerprint density at radius 1 is 1.00 bits per heavy atom. The van der Waals surface area contributed by atoms with Gasteiger partial charge in [-0.3, -0.25) is 0 Å². The molecule has 0 amide bonds. The molecular formula is C15H14ClFO. The van der Waals surface area contributed by atoms with Crippen molar-refractivity contribution in [3.63, 3.8) is 0 Å². The van der Waals surface area contributed by atoms with E-state index in [9.17, 15) is 4.39 Å². The van der Waals surface area contributed by atoms with E-state index >= 15 is 0 Å². The Morgan fingerprint density at radius 3 is 2.50 bits per heavy atom. The number of ether oxygens (including phenoxy) is 1. The van der Waals surface area contributed by atoms with Crippen LogP contribution in [0.5, 0.6) is 5.75 Å². The molecule has 94 valence electrons. The van der Waals surface area contributed by atoms with E-state index in [-0.39, 0.29) is 11.7 Å². The number of hydrogen-bond donors (Lipinski definition) is 0. The van der Waals surface area contributed by atoms with Crippen LogP contribution in [0, 0.1) is 5.82 Å². The zero-order valence-corrected chi connectivity index (χ0v) is 10.7.